The molecule has 0 saturated carbocycles. The Morgan fingerprint density at radius 3 is 2.55 bits per heavy atom. The minimum absolute atomic E-state index is 0.650. The van der Waals surface area contributed by atoms with Crippen molar-refractivity contribution in [1.29, 1.82) is 0 Å². The Morgan fingerprint density at radius 1 is 1.35 bits per heavy atom. The number of benzene rings is 1. The van der Waals surface area contributed by atoms with Crippen molar-refractivity contribution in [2.24, 2.45) is 0 Å². The van der Waals surface area contributed by atoms with Gasteiger partial charge in [0.15, 0.2) is 0 Å². The van der Waals surface area contributed by atoms with Crippen LogP contribution >= 0.6 is 23.4 Å². The van der Waals surface area contributed by atoms with Crippen LogP contribution in [-0.2, 0) is 4.79 Å². The molecule has 112 valence electrons. The Morgan fingerprint density at radius 2 is 2.00 bits per heavy atom. The minimum Gasteiger partial charge on any atom is -0.480 e. The summed E-state index contributed by atoms with van der Waals surface area (Å²) >= 11 is 7.61. The minimum atomic E-state index is -0.806. The summed E-state index contributed by atoms with van der Waals surface area (Å²) in [7, 11) is 0. The van der Waals surface area contributed by atoms with Gasteiger partial charge in [0.2, 0.25) is 0 Å². The second-order valence-corrected chi connectivity index (χ2v) is 6.53. The summed E-state index contributed by atoms with van der Waals surface area (Å²) in [5.74, 6) is 0.216. The van der Waals surface area contributed by atoms with Crippen LogP contribution in [0.15, 0.2) is 29.2 Å². The maximum absolute atomic E-state index is 11.2. The van der Waals surface area contributed by atoms with E-state index in [0.717, 1.165) is 23.6 Å². The molecular formula is C15H22ClNO2S. The van der Waals surface area contributed by atoms with Crippen molar-refractivity contribution < 1.29 is 9.90 Å². The van der Waals surface area contributed by atoms with Gasteiger partial charge >= 0.3 is 5.97 Å². The number of hydrogen-bond donors (Lipinski definition) is 2. The van der Waals surface area contributed by atoms with Gasteiger partial charge in [-0.2, -0.15) is 0 Å². The Balaban J connectivity index is 2.27. The van der Waals surface area contributed by atoms with E-state index in [1.165, 1.54) is 4.90 Å². The van der Waals surface area contributed by atoms with Crippen molar-refractivity contribution in [2.75, 3.05) is 12.3 Å². The number of aliphatic carboxylic acids is 1. The smallest absolute Gasteiger partial charge is 0.323 e. The molecule has 0 heterocycles. The van der Waals surface area contributed by atoms with Crippen LogP contribution in [0.4, 0.5) is 0 Å². The summed E-state index contributed by atoms with van der Waals surface area (Å²) in [4.78, 5) is 12.4. The van der Waals surface area contributed by atoms with Crippen LogP contribution in [0.1, 0.15) is 33.1 Å². The van der Waals surface area contributed by atoms with Crippen molar-refractivity contribution in [2.45, 2.75) is 43.5 Å². The van der Waals surface area contributed by atoms with Crippen LogP contribution in [0.25, 0.3) is 0 Å². The highest BCUT2D eigenvalue weighted by Crippen LogP contribution is 2.22. The summed E-state index contributed by atoms with van der Waals surface area (Å²) in [6.45, 7) is 4.35. The molecule has 0 aliphatic rings. The standard InChI is InChI=1S/C15H22ClNO2S/c1-3-17-15(2,14(18)19)10-4-5-11-20-13-8-6-12(16)7-9-13/h6-9,17H,3-5,10-11H2,1-2H3,(H,18,19). The van der Waals surface area contributed by atoms with Crippen LogP contribution in [0, 0.1) is 0 Å². The van der Waals surface area contributed by atoms with E-state index in [9.17, 15) is 9.90 Å². The summed E-state index contributed by atoms with van der Waals surface area (Å²) in [5, 5.41) is 13.0. The first-order chi connectivity index (χ1) is 9.48. The number of carboxylic acid groups (broad SMARTS) is 1. The van der Waals surface area contributed by atoms with E-state index < -0.39 is 11.5 Å². The normalized spacial score (nSPS) is 13.9. The number of hydrogen-bond acceptors (Lipinski definition) is 3. The van der Waals surface area contributed by atoms with Gasteiger partial charge < -0.3 is 10.4 Å². The Hall–Kier alpha value is -0.710. The molecule has 1 atom stereocenters. The number of carboxylic acids is 1. The first-order valence-electron chi connectivity index (χ1n) is 6.85. The van der Waals surface area contributed by atoms with E-state index in [4.69, 9.17) is 11.6 Å². The zero-order valence-corrected chi connectivity index (χ0v) is 13.6. The molecule has 1 aromatic carbocycles. The number of unbranched alkanes of at least 4 members (excludes halogenated alkanes) is 1. The van der Waals surface area contributed by atoms with Gasteiger partial charge in [-0.25, -0.2) is 0 Å². The largest absolute Gasteiger partial charge is 0.480 e. The molecule has 0 aliphatic carbocycles. The fourth-order valence-corrected chi connectivity index (χ4v) is 3.00. The lowest BCUT2D eigenvalue weighted by molar-refractivity contribution is -0.144. The van der Waals surface area contributed by atoms with Gasteiger partial charge in [0.25, 0.3) is 0 Å². The van der Waals surface area contributed by atoms with Crippen molar-refractivity contribution >= 4 is 29.3 Å². The van der Waals surface area contributed by atoms with E-state index in [1.54, 1.807) is 18.7 Å². The topological polar surface area (TPSA) is 49.3 Å². The van der Waals surface area contributed by atoms with Crippen molar-refractivity contribution in [1.82, 2.24) is 5.32 Å². The molecule has 1 unspecified atom stereocenters. The highest BCUT2D eigenvalue weighted by molar-refractivity contribution is 7.99. The average molecular weight is 316 g/mol. The average Bonchev–Trinajstić information content (AvgIpc) is 2.40. The molecule has 2 N–H and O–H groups in total. The monoisotopic (exact) mass is 315 g/mol. The molecule has 1 aromatic rings. The molecule has 3 nitrogen and oxygen atoms in total. The summed E-state index contributed by atoms with van der Waals surface area (Å²) < 4.78 is 0. The number of nitrogens with one attached hydrogen (secondary N) is 1. The van der Waals surface area contributed by atoms with Gasteiger partial charge in [0.05, 0.1) is 0 Å². The summed E-state index contributed by atoms with van der Waals surface area (Å²) in [6, 6.07) is 7.78. The molecule has 0 fully saturated rings. The predicted octanol–water partition coefficient (Wildman–Crippen LogP) is 4.06. The van der Waals surface area contributed by atoms with Gasteiger partial charge in [0.1, 0.15) is 5.54 Å². The molecule has 0 bridgehead atoms. The third-order valence-corrected chi connectivity index (χ3v) is 4.54. The van der Waals surface area contributed by atoms with Gasteiger partial charge in [-0.1, -0.05) is 24.9 Å². The maximum atomic E-state index is 11.2. The van der Waals surface area contributed by atoms with Crippen LogP contribution in [0.5, 0.6) is 0 Å². The van der Waals surface area contributed by atoms with Crippen molar-refractivity contribution in [3.05, 3.63) is 29.3 Å². The molecule has 0 aliphatic heterocycles. The van der Waals surface area contributed by atoms with Gasteiger partial charge in [-0.15, -0.1) is 11.8 Å². The summed E-state index contributed by atoms with van der Waals surface area (Å²) in [5.41, 5.74) is -0.806. The number of halogens is 1. The zero-order valence-electron chi connectivity index (χ0n) is 12.0. The first-order valence-corrected chi connectivity index (χ1v) is 8.21. The van der Waals surface area contributed by atoms with Gasteiger partial charge in [-0.3, -0.25) is 4.79 Å². The fraction of sp³-hybridized carbons (Fsp3) is 0.533. The Labute approximate surface area is 130 Å². The third kappa shape index (κ3) is 5.73. The molecule has 20 heavy (non-hydrogen) atoms. The lowest BCUT2D eigenvalue weighted by atomic mass is 9.95. The van der Waals surface area contributed by atoms with Crippen LogP contribution in [0.2, 0.25) is 5.02 Å². The van der Waals surface area contributed by atoms with Gasteiger partial charge in [-0.05, 0) is 56.3 Å². The van der Waals surface area contributed by atoms with E-state index in [2.05, 4.69) is 5.32 Å². The third-order valence-electron chi connectivity index (χ3n) is 3.19. The molecule has 0 amide bonds. The van der Waals surface area contributed by atoms with E-state index in [1.807, 2.05) is 31.2 Å². The van der Waals surface area contributed by atoms with E-state index >= 15 is 0 Å². The van der Waals surface area contributed by atoms with E-state index in [-0.39, 0.29) is 0 Å². The molecule has 5 heteroatoms. The quantitative estimate of drug-likeness (QED) is 0.533. The maximum Gasteiger partial charge on any atom is 0.323 e. The first kappa shape index (κ1) is 17.3. The summed E-state index contributed by atoms with van der Waals surface area (Å²) in [6.07, 6.45) is 2.55. The lowest BCUT2D eigenvalue weighted by Gasteiger charge is -2.25. The molecule has 0 saturated heterocycles. The second kappa shape index (κ2) is 8.55. The van der Waals surface area contributed by atoms with Crippen LogP contribution in [0.3, 0.4) is 0 Å². The molecular weight excluding hydrogens is 294 g/mol. The molecule has 1 rings (SSSR count). The van der Waals surface area contributed by atoms with Crippen LogP contribution in [-0.4, -0.2) is 28.9 Å². The van der Waals surface area contributed by atoms with Crippen molar-refractivity contribution in [3.63, 3.8) is 0 Å². The van der Waals surface area contributed by atoms with Crippen molar-refractivity contribution in [3.8, 4) is 0 Å². The zero-order chi connectivity index (χ0) is 15.0. The van der Waals surface area contributed by atoms with E-state index in [0.29, 0.717) is 13.0 Å². The second-order valence-electron chi connectivity index (χ2n) is 4.93. The SMILES string of the molecule is CCNC(C)(CCCCSc1ccc(Cl)cc1)C(=O)O. The Kier molecular flexibility index (Phi) is 7.41. The molecule has 0 aromatic heterocycles. The fourth-order valence-electron chi connectivity index (χ4n) is 1.96. The highest BCUT2D eigenvalue weighted by atomic mass is 35.5. The number of likely N-dealkylation sites (N-methyl/N-ethyl adjacent to an activating group) is 1. The number of thioether (sulfide) groups is 1. The predicted molar refractivity (Wildman–Crippen MR) is 85.7 cm³/mol. The number of carbonyl (C=O) groups is 1. The Bertz CT molecular complexity index is 424. The highest BCUT2D eigenvalue weighted by Gasteiger charge is 2.30. The number of rotatable bonds is 9. The molecule has 0 radical (unpaired) electrons. The van der Waals surface area contributed by atoms with Crippen LogP contribution < -0.4 is 5.32 Å². The molecule has 0 spiro atoms. The lowest BCUT2D eigenvalue weighted by Crippen LogP contribution is -2.49. The van der Waals surface area contributed by atoms with Gasteiger partial charge in [0, 0.05) is 9.92 Å².